The Morgan fingerprint density at radius 3 is 2.68 bits per heavy atom. The van der Waals surface area contributed by atoms with Gasteiger partial charge in [-0.15, -0.1) is 0 Å². The van der Waals surface area contributed by atoms with Gasteiger partial charge >= 0.3 is 0 Å². The molecule has 0 saturated carbocycles. The van der Waals surface area contributed by atoms with Crippen molar-refractivity contribution in [2.75, 3.05) is 32.5 Å². The van der Waals surface area contributed by atoms with Crippen molar-refractivity contribution in [1.82, 2.24) is 14.5 Å². The third-order valence-electron chi connectivity index (χ3n) is 4.36. The standard InChI is InChI=1S/C19H18N4O2/c1-22(2)11-10-20-14-8-5-9-15-16(14)17(24)18-21-13-7-4-3-6-12(13)19(25)23(15)18/h3-9,20H,10-11H2,1-2H3. The quantitative estimate of drug-likeness (QED) is 0.617. The molecule has 0 radical (unpaired) electrons. The van der Waals surface area contributed by atoms with Crippen molar-refractivity contribution >= 4 is 22.4 Å². The monoisotopic (exact) mass is 334 g/mol. The van der Waals surface area contributed by atoms with E-state index in [9.17, 15) is 9.59 Å². The summed E-state index contributed by atoms with van der Waals surface area (Å²) in [7, 11) is 3.99. The number of ketones is 1. The van der Waals surface area contributed by atoms with Crippen molar-refractivity contribution in [3.8, 4) is 5.69 Å². The molecule has 3 aromatic rings. The van der Waals surface area contributed by atoms with Crippen LogP contribution in [-0.4, -0.2) is 47.4 Å². The fourth-order valence-electron chi connectivity index (χ4n) is 3.15. The minimum atomic E-state index is -0.217. The number of anilines is 1. The highest BCUT2D eigenvalue weighted by Crippen LogP contribution is 2.31. The molecule has 1 aliphatic rings. The van der Waals surface area contributed by atoms with Crippen molar-refractivity contribution in [3.05, 3.63) is 64.2 Å². The molecule has 0 amide bonds. The molecule has 0 aliphatic carbocycles. The Kier molecular flexibility index (Phi) is 3.62. The molecule has 2 aromatic carbocycles. The number of hydrogen-bond acceptors (Lipinski definition) is 5. The number of rotatable bonds is 4. The minimum absolute atomic E-state index is 0.181. The number of hydrogen-bond donors (Lipinski definition) is 1. The number of carbonyl (C=O) groups is 1. The van der Waals surface area contributed by atoms with Crippen LogP contribution in [0.2, 0.25) is 0 Å². The SMILES string of the molecule is CN(C)CCNc1cccc2c1C(=O)c1nc3ccccc3c(=O)n1-2. The summed E-state index contributed by atoms with van der Waals surface area (Å²) in [5.74, 6) is -0.0358. The summed E-state index contributed by atoms with van der Waals surface area (Å²) in [4.78, 5) is 32.3. The smallest absolute Gasteiger partial charge is 0.266 e. The van der Waals surface area contributed by atoms with E-state index in [2.05, 4.69) is 15.2 Å². The molecule has 0 atom stereocenters. The summed E-state index contributed by atoms with van der Waals surface area (Å²) in [5, 5.41) is 3.81. The number of fused-ring (bicyclic) bond motifs is 4. The van der Waals surface area contributed by atoms with Crippen molar-refractivity contribution in [3.63, 3.8) is 0 Å². The fraction of sp³-hybridized carbons (Fsp3) is 0.211. The van der Waals surface area contributed by atoms with Gasteiger partial charge in [0, 0.05) is 18.8 Å². The van der Waals surface area contributed by atoms with E-state index in [-0.39, 0.29) is 17.2 Å². The van der Waals surface area contributed by atoms with E-state index in [1.807, 2.05) is 32.3 Å². The van der Waals surface area contributed by atoms with Gasteiger partial charge in [-0.05, 0) is 38.4 Å². The number of likely N-dealkylation sites (N-methyl/N-ethyl adjacent to an activating group) is 1. The van der Waals surface area contributed by atoms with Gasteiger partial charge < -0.3 is 10.2 Å². The van der Waals surface area contributed by atoms with Crippen LogP contribution in [0.25, 0.3) is 16.6 Å². The number of nitrogens with one attached hydrogen (secondary N) is 1. The van der Waals surface area contributed by atoms with Crippen molar-refractivity contribution in [2.45, 2.75) is 0 Å². The highest BCUT2D eigenvalue weighted by Gasteiger charge is 2.32. The topological polar surface area (TPSA) is 67.2 Å². The first-order valence-electron chi connectivity index (χ1n) is 8.16. The molecular formula is C19H18N4O2. The van der Waals surface area contributed by atoms with Gasteiger partial charge in [0.15, 0.2) is 5.82 Å². The van der Waals surface area contributed by atoms with Crippen LogP contribution in [0.4, 0.5) is 5.69 Å². The lowest BCUT2D eigenvalue weighted by atomic mass is 10.1. The molecule has 0 spiro atoms. The predicted molar refractivity (Wildman–Crippen MR) is 97.8 cm³/mol. The first-order chi connectivity index (χ1) is 12.1. The van der Waals surface area contributed by atoms with Gasteiger partial charge in [-0.3, -0.25) is 14.2 Å². The summed E-state index contributed by atoms with van der Waals surface area (Å²) in [6.45, 7) is 1.55. The van der Waals surface area contributed by atoms with Crippen LogP contribution < -0.4 is 10.9 Å². The molecule has 1 N–H and O–H groups in total. The molecule has 0 saturated heterocycles. The lowest BCUT2D eigenvalue weighted by Crippen LogP contribution is -2.21. The van der Waals surface area contributed by atoms with Gasteiger partial charge in [0.2, 0.25) is 5.78 Å². The van der Waals surface area contributed by atoms with E-state index in [4.69, 9.17) is 0 Å². The third-order valence-corrected chi connectivity index (χ3v) is 4.36. The molecule has 0 unspecified atom stereocenters. The number of aromatic nitrogens is 2. The van der Waals surface area contributed by atoms with Crippen LogP contribution in [0, 0.1) is 0 Å². The summed E-state index contributed by atoms with van der Waals surface area (Å²) >= 11 is 0. The van der Waals surface area contributed by atoms with E-state index in [0.29, 0.717) is 28.7 Å². The fourth-order valence-corrected chi connectivity index (χ4v) is 3.15. The Bertz CT molecular complexity index is 1050. The molecule has 1 aromatic heterocycles. The van der Waals surface area contributed by atoms with Crippen LogP contribution in [-0.2, 0) is 0 Å². The van der Waals surface area contributed by atoms with Crippen LogP contribution >= 0.6 is 0 Å². The molecular weight excluding hydrogens is 316 g/mol. The van der Waals surface area contributed by atoms with E-state index in [0.717, 1.165) is 12.2 Å². The first kappa shape index (κ1) is 15.5. The molecule has 25 heavy (non-hydrogen) atoms. The molecule has 0 fully saturated rings. The highest BCUT2D eigenvalue weighted by molar-refractivity contribution is 6.16. The van der Waals surface area contributed by atoms with E-state index in [1.165, 1.54) is 4.57 Å². The van der Waals surface area contributed by atoms with Crippen molar-refractivity contribution < 1.29 is 4.79 Å². The Hall–Kier alpha value is -2.99. The van der Waals surface area contributed by atoms with Gasteiger partial charge in [0.25, 0.3) is 5.56 Å². The van der Waals surface area contributed by atoms with Crippen LogP contribution in [0.5, 0.6) is 0 Å². The zero-order valence-electron chi connectivity index (χ0n) is 14.1. The average molecular weight is 334 g/mol. The summed E-state index contributed by atoms with van der Waals surface area (Å²) < 4.78 is 1.43. The van der Waals surface area contributed by atoms with Gasteiger partial charge in [-0.2, -0.15) is 0 Å². The van der Waals surface area contributed by atoms with Gasteiger partial charge in [-0.25, -0.2) is 4.98 Å². The first-order valence-corrected chi connectivity index (χ1v) is 8.16. The zero-order valence-corrected chi connectivity index (χ0v) is 14.1. The number of carbonyl (C=O) groups excluding carboxylic acids is 1. The van der Waals surface area contributed by atoms with E-state index in [1.54, 1.807) is 24.3 Å². The lowest BCUT2D eigenvalue weighted by Gasteiger charge is -2.13. The van der Waals surface area contributed by atoms with Crippen LogP contribution in [0.15, 0.2) is 47.3 Å². The van der Waals surface area contributed by atoms with Crippen molar-refractivity contribution in [2.24, 2.45) is 0 Å². The summed E-state index contributed by atoms with van der Waals surface area (Å²) in [6.07, 6.45) is 0. The van der Waals surface area contributed by atoms with Crippen LogP contribution in [0.1, 0.15) is 16.2 Å². The average Bonchev–Trinajstić information content (AvgIpc) is 2.89. The van der Waals surface area contributed by atoms with Crippen LogP contribution in [0.3, 0.4) is 0 Å². The largest absolute Gasteiger partial charge is 0.383 e. The molecule has 126 valence electrons. The molecule has 2 heterocycles. The molecule has 6 heteroatoms. The second-order valence-corrected chi connectivity index (χ2v) is 6.35. The number of benzene rings is 2. The lowest BCUT2D eigenvalue weighted by molar-refractivity contribution is 0.103. The maximum atomic E-state index is 12.9. The van der Waals surface area contributed by atoms with Gasteiger partial charge in [0.1, 0.15) is 0 Å². The maximum absolute atomic E-state index is 12.9. The third kappa shape index (κ3) is 2.42. The van der Waals surface area contributed by atoms with Gasteiger partial charge in [0.05, 0.1) is 22.2 Å². The molecule has 4 rings (SSSR count). The normalized spacial score (nSPS) is 12.5. The van der Waals surface area contributed by atoms with E-state index >= 15 is 0 Å². The second-order valence-electron chi connectivity index (χ2n) is 6.35. The molecule has 1 aliphatic heterocycles. The molecule has 0 bridgehead atoms. The Morgan fingerprint density at radius 1 is 1.08 bits per heavy atom. The van der Waals surface area contributed by atoms with E-state index < -0.39 is 0 Å². The number of nitrogens with zero attached hydrogens (tertiary/aromatic N) is 3. The Balaban J connectivity index is 1.87. The summed E-state index contributed by atoms with van der Waals surface area (Å²) in [5.41, 5.74) is 2.18. The molecule has 6 nitrogen and oxygen atoms in total. The Morgan fingerprint density at radius 2 is 1.88 bits per heavy atom. The maximum Gasteiger partial charge on any atom is 0.266 e. The Labute approximate surface area is 144 Å². The predicted octanol–water partition coefficient (Wildman–Crippen LogP) is 1.90. The second kappa shape index (κ2) is 5.82. The van der Waals surface area contributed by atoms with Crippen molar-refractivity contribution in [1.29, 1.82) is 0 Å². The minimum Gasteiger partial charge on any atom is -0.383 e. The summed E-state index contributed by atoms with van der Waals surface area (Å²) in [6, 6.07) is 12.6. The van der Waals surface area contributed by atoms with Gasteiger partial charge in [-0.1, -0.05) is 18.2 Å². The highest BCUT2D eigenvalue weighted by atomic mass is 16.1. The number of para-hydroxylation sites is 1. The zero-order chi connectivity index (χ0) is 17.6.